The van der Waals surface area contributed by atoms with E-state index in [2.05, 4.69) is 10.5 Å². The van der Waals surface area contributed by atoms with Gasteiger partial charge in [0.25, 0.3) is 0 Å². The molecule has 0 aliphatic rings. The predicted molar refractivity (Wildman–Crippen MR) is 78.4 cm³/mol. The number of anilines is 1. The summed E-state index contributed by atoms with van der Waals surface area (Å²) in [6.07, 6.45) is -4.39. The molecule has 6 heteroatoms. The van der Waals surface area contributed by atoms with Gasteiger partial charge in [-0.1, -0.05) is 18.2 Å². The lowest BCUT2D eigenvalue weighted by Crippen LogP contribution is -2.05. The van der Waals surface area contributed by atoms with Crippen LogP contribution in [0, 0.1) is 11.3 Å². The van der Waals surface area contributed by atoms with Crippen molar-refractivity contribution in [3.8, 4) is 6.07 Å². The van der Waals surface area contributed by atoms with Crippen molar-refractivity contribution in [1.82, 2.24) is 0 Å². The molecule has 2 aromatic rings. The van der Waals surface area contributed by atoms with E-state index in [1.807, 2.05) is 6.07 Å². The first-order valence-electron chi connectivity index (χ1n) is 6.38. The minimum Gasteiger partial charge on any atom is -0.278 e. The summed E-state index contributed by atoms with van der Waals surface area (Å²) in [6, 6.07) is 13.6. The number of nitrogens with one attached hydrogen (secondary N) is 1. The average molecular weight is 303 g/mol. The van der Waals surface area contributed by atoms with Crippen molar-refractivity contribution in [3.63, 3.8) is 0 Å². The third-order valence-corrected chi connectivity index (χ3v) is 2.97. The van der Waals surface area contributed by atoms with E-state index in [0.29, 0.717) is 11.3 Å². The molecule has 1 N–H and O–H groups in total. The fourth-order valence-electron chi connectivity index (χ4n) is 1.76. The van der Waals surface area contributed by atoms with Crippen LogP contribution in [-0.4, -0.2) is 5.71 Å². The lowest BCUT2D eigenvalue weighted by molar-refractivity contribution is -0.137. The Kier molecular flexibility index (Phi) is 4.47. The van der Waals surface area contributed by atoms with Gasteiger partial charge in [-0.2, -0.15) is 23.5 Å². The third-order valence-electron chi connectivity index (χ3n) is 2.97. The molecule has 0 spiro atoms. The van der Waals surface area contributed by atoms with Crippen LogP contribution in [0.1, 0.15) is 23.6 Å². The number of hydrazone groups is 1. The van der Waals surface area contributed by atoms with Gasteiger partial charge >= 0.3 is 6.18 Å². The van der Waals surface area contributed by atoms with Crippen LogP contribution >= 0.6 is 0 Å². The number of halogens is 3. The maximum Gasteiger partial charge on any atom is 0.416 e. The van der Waals surface area contributed by atoms with Crippen molar-refractivity contribution in [2.75, 3.05) is 5.43 Å². The fraction of sp³-hybridized carbons (Fsp3) is 0.125. The maximum absolute atomic E-state index is 12.6. The van der Waals surface area contributed by atoms with E-state index < -0.39 is 11.7 Å². The SMILES string of the molecule is CC(=NNc1cccc(C(F)(F)F)c1)c1ccc(C#N)cc1. The lowest BCUT2D eigenvalue weighted by atomic mass is 10.1. The van der Waals surface area contributed by atoms with Crippen molar-refractivity contribution in [2.45, 2.75) is 13.1 Å². The zero-order valence-electron chi connectivity index (χ0n) is 11.6. The van der Waals surface area contributed by atoms with Crippen molar-refractivity contribution < 1.29 is 13.2 Å². The van der Waals surface area contributed by atoms with Crippen LogP contribution in [0.5, 0.6) is 0 Å². The van der Waals surface area contributed by atoms with Gasteiger partial charge in [-0.25, -0.2) is 0 Å². The van der Waals surface area contributed by atoms with Crippen molar-refractivity contribution >= 4 is 11.4 Å². The lowest BCUT2D eigenvalue weighted by Gasteiger charge is -2.09. The second kappa shape index (κ2) is 6.31. The van der Waals surface area contributed by atoms with Crippen LogP contribution in [0.4, 0.5) is 18.9 Å². The van der Waals surface area contributed by atoms with Crippen LogP contribution in [0.15, 0.2) is 53.6 Å². The third kappa shape index (κ3) is 3.85. The molecule has 0 aliphatic carbocycles. The summed E-state index contributed by atoms with van der Waals surface area (Å²) < 4.78 is 37.8. The normalized spacial score (nSPS) is 11.9. The summed E-state index contributed by atoms with van der Waals surface area (Å²) in [5, 5.41) is 12.8. The Labute approximate surface area is 125 Å². The summed E-state index contributed by atoms with van der Waals surface area (Å²) in [5.41, 5.74) is 4.03. The van der Waals surface area contributed by atoms with E-state index in [9.17, 15) is 13.2 Å². The highest BCUT2D eigenvalue weighted by molar-refractivity contribution is 5.99. The molecule has 0 aromatic heterocycles. The zero-order chi connectivity index (χ0) is 16.2. The van der Waals surface area contributed by atoms with Gasteiger partial charge in [-0.3, -0.25) is 5.43 Å². The van der Waals surface area contributed by atoms with Crippen LogP contribution in [0.2, 0.25) is 0 Å². The molecule has 0 aliphatic heterocycles. The van der Waals surface area contributed by atoms with E-state index in [4.69, 9.17) is 5.26 Å². The first kappa shape index (κ1) is 15.6. The number of hydrogen-bond donors (Lipinski definition) is 1. The molecule has 2 rings (SSSR count). The smallest absolute Gasteiger partial charge is 0.278 e. The second-order valence-electron chi connectivity index (χ2n) is 4.58. The number of rotatable bonds is 3. The van der Waals surface area contributed by atoms with E-state index in [0.717, 1.165) is 17.7 Å². The van der Waals surface area contributed by atoms with Crippen LogP contribution < -0.4 is 5.43 Å². The molecule has 3 nitrogen and oxygen atoms in total. The fourth-order valence-corrected chi connectivity index (χ4v) is 1.76. The minimum absolute atomic E-state index is 0.253. The van der Waals surface area contributed by atoms with Gasteiger partial charge in [0.05, 0.1) is 28.6 Å². The van der Waals surface area contributed by atoms with Gasteiger partial charge in [0.15, 0.2) is 0 Å². The molecule has 112 valence electrons. The van der Waals surface area contributed by atoms with Crippen molar-refractivity contribution in [2.24, 2.45) is 5.10 Å². The Morgan fingerprint density at radius 3 is 2.41 bits per heavy atom. The molecule has 0 saturated heterocycles. The quantitative estimate of drug-likeness (QED) is 0.674. The highest BCUT2D eigenvalue weighted by Gasteiger charge is 2.30. The molecular formula is C16H12F3N3. The van der Waals surface area contributed by atoms with Gasteiger partial charge in [-0.05, 0) is 42.8 Å². The number of benzene rings is 2. The Bertz CT molecular complexity index is 726. The summed E-state index contributed by atoms with van der Waals surface area (Å²) in [4.78, 5) is 0. The Morgan fingerprint density at radius 1 is 1.14 bits per heavy atom. The number of alkyl halides is 3. The molecule has 0 amide bonds. The maximum atomic E-state index is 12.6. The highest BCUT2D eigenvalue weighted by Crippen LogP contribution is 2.30. The number of nitriles is 1. The Hall–Kier alpha value is -2.81. The van der Waals surface area contributed by atoms with E-state index in [1.54, 1.807) is 31.2 Å². The largest absolute Gasteiger partial charge is 0.416 e. The van der Waals surface area contributed by atoms with Gasteiger partial charge in [-0.15, -0.1) is 0 Å². The molecule has 0 heterocycles. The molecule has 0 unspecified atom stereocenters. The first-order valence-corrected chi connectivity index (χ1v) is 6.38. The molecule has 22 heavy (non-hydrogen) atoms. The summed E-state index contributed by atoms with van der Waals surface area (Å²) in [7, 11) is 0. The van der Waals surface area contributed by atoms with Crippen LogP contribution in [0.25, 0.3) is 0 Å². The standard InChI is InChI=1S/C16H12F3N3/c1-11(13-7-5-12(10-20)6-8-13)21-22-15-4-2-3-14(9-15)16(17,18)19/h2-9,22H,1H3. The molecule has 0 atom stereocenters. The molecule has 0 radical (unpaired) electrons. The van der Waals surface area contributed by atoms with E-state index in [1.165, 1.54) is 12.1 Å². The molecule has 0 saturated carbocycles. The molecule has 0 bridgehead atoms. The summed E-state index contributed by atoms with van der Waals surface area (Å²) in [5.74, 6) is 0. The summed E-state index contributed by atoms with van der Waals surface area (Å²) >= 11 is 0. The summed E-state index contributed by atoms with van der Waals surface area (Å²) in [6.45, 7) is 1.72. The van der Waals surface area contributed by atoms with E-state index in [-0.39, 0.29) is 5.69 Å². The number of hydrogen-bond acceptors (Lipinski definition) is 3. The average Bonchev–Trinajstić information content (AvgIpc) is 2.52. The second-order valence-corrected chi connectivity index (χ2v) is 4.58. The highest BCUT2D eigenvalue weighted by atomic mass is 19.4. The monoisotopic (exact) mass is 303 g/mol. The number of nitrogens with zero attached hydrogens (tertiary/aromatic N) is 2. The first-order chi connectivity index (χ1) is 10.4. The Morgan fingerprint density at radius 2 is 1.82 bits per heavy atom. The molecular weight excluding hydrogens is 291 g/mol. The van der Waals surface area contributed by atoms with Gasteiger partial charge in [0, 0.05) is 0 Å². The Balaban J connectivity index is 2.15. The van der Waals surface area contributed by atoms with Crippen molar-refractivity contribution in [3.05, 3.63) is 65.2 Å². The predicted octanol–water partition coefficient (Wildman–Crippen LogP) is 4.41. The van der Waals surface area contributed by atoms with Crippen LogP contribution in [0.3, 0.4) is 0 Å². The topological polar surface area (TPSA) is 48.2 Å². The van der Waals surface area contributed by atoms with Crippen molar-refractivity contribution in [1.29, 1.82) is 5.26 Å². The molecule has 0 fully saturated rings. The minimum atomic E-state index is -4.39. The molecule has 2 aromatic carbocycles. The van der Waals surface area contributed by atoms with Gasteiger partial charge < -0.3 is 0 Å². The zero-order valence-corrected chi connectivity index (χ0v) is 11.6. The van der Waals surface area contributed by atoms with Gasteiger partial charge in [0.2, 0.25) is 0 Å². The van der Waals surface area contributed by atoms with Crippen LogP contribution in [-0.2, 0) is 6.18 Å². The van der Waals surface area contributed by atoms with E-state index >= 15 is 0 Å². The van der Waals surface area contributed by atoms with Gasteiger partial charge in [0.1, 0.15) is 0 Å².